The minimum absolute atomic E-state index is 0.0731. The van der Waals surface area contributed by atoms with Crippen molar-refractivity contribution in [3.8, 4) is 11.8 Å². The summed E-state index contributed by atoms with van der Waals surface area (Å²) in [7, 11) is 0. The minimum Gasteiger partial charge on any atom is -0.508 e. The number of piperidine rings is 2. The third-order valence-electron chi connectivity index (χ3n) is 10.8. The predicted octanol–water partition coefficient (Wildman–Crippen LogP) is 3.35. The predicted molar refractivity (Wildman–Crippen MR) is 210 cm³/mol. The van der Waals surface area contributed by atoms with E-state index in [1.165, 1.54) is 37.5 Å². The van der Waals surface area contributed by atoms with Crippen LogP contribution in [0.5, 0.6) is 5.75 Å². The van der Waals surface area contributed by atoms with Crippen LogP contribution in [0.3, 0.4) is 0 Å². The number of anilines is 2. The largest absolute Gasteiger partial charge is 0.508 e. The van der Waals surface area contributed by atoms with Crippen molar-refractivity contribution in [2.45, 2.75) is 76.3 Å². The molecule has 16 heteroatoms. The number of hydrogen-bond donors (Lipinski definition) is 4. The second kappa shape index (κ2) is 19.5. The number of aromatic hydroxyl groups is 1. The van der Waals surface area contributed by atoms with Gasteiger partial charge < -0.3 is 25.5 Å². The molecule has 0 radical (unpaired) electrons. The normalized spacial score (nSPS) is 19.6. The summed E-state index contributed by atoms with van der Waals surface area (Å²) in [5.41, 5.74) is 2.45. The number of benzene rings is 1. The maximum Gasteiger partial charge on any atom is 0.272 e. The Morgan fingerprint density at radius 1 is 0.893 bits per heavy atom. The highest BCUT2D eigenvalue weighted by molar-refractivity contribution is 6.31. The van der Waals surface area contributed by atoms with Gasteiger partial charge in [0.15, 0.2) is 11.5 Å². The highest BCUT2D eigenvalue weighted by Crippen LogP contribution is 2.25. The fourth-order valence-electron chi connectivity index (χ4n) is 7.56. The van der Waals surface area contributed by atoms with Gasteiger partial charge in [0.1, 0.15) is 17.9 Å². The van der Waals surface area contributed by atoms with Crippen molar-refractivity contribution >= 4 is 46.7 Å². The second-order valence-corrected chi connectivity index (χ2v) is 15.2. The van der Waals surface area contributed by atoms with Crippen molar-refractivity contribution in [3.63, 3.8) is 0 Å². The maximum atomic E-state index is 12.6. The zero-order valence-corrected chi connectivity index (χ0v) is 32.2. The van der Waals surface area contributed by atoms with Gasteiger partial charge in [0.05, 0.1) is 28.9 Å². The lowest BCUT2D eigenvalue weighted by molar-refractivity contribution is -0.137. The summed E-state index contributed by atoms with van der Waals surface area (Å²) in [4.78, 5) is 59.9. The van der Waals surface area contributed by atoms with Gasteiger partial charge >= 0.3 is 0 Å². The van der Waals surface area contributed by atoms with Crippen molar-refractivity contribution < 1.29 is 24.3 Å². The van der Waals surface area contributed by atoms with Crippen molar-refractivity contribution in [2.24, 2.45) is 5.92 Å². The molecule has 0 bridgehead atoms. The summed E-state index contributed by atoms with van der Waals surface area (Å²) >= 11 is 5.55. The molecule has 7 rings (SSSR count). The van der Waals surface area contributed by atoms with E-state index in [1.54, 1.807) is 6.07 Å². The summed E-state index contributed by atoms with van der Waals surface area (Å²) in [5, 5.41) is 34.2. The number of nitriles is 1. The Hall–Kier alpha value is -5.33. The second-order valence-electron chi connectivity index (χ2n) is 14.8. The summed E-state index contributed by atoms with van der Waals surface area (Å²) in [6, 6.07) is 13.3. The lowest BCUT2D eigenvalue weighted by Crippen LogP contribution is -2.52. The minimum atomic E-state index is -0.675. The Balaban J connectivity index is 0.000000463. The number of phenols is 1. The highest BCUT2D eigenvalue weighted by Gasteiger charge is 2.28. The Morgan fingerprint density at radius 3 is 2.30 bits per heavy atom. The molecule has 3 aliphatic heterocycles. The van der Waals surface area contributed by atoms with Gasteiger partial charge in [0.2, 0.25) is 17.7 Å². The van der Waals surface area contributed by atoms with Crippen LogP contribution >= 0.6 is 11.6 Å². The summed E-state index contributed by atoms with van der Waals surface area (Å²) in [5.74, 6) is 0.398. The number of carbonyl (C=O) groups is 4. The Morgan fingerprint density at radius 2 is 1.66 bits per heavy atom. The van der Waals surface area contributed by atoms with Gasteiger partial charge in [-0.1, -0.05) is 30.9 Å². The molecule has 296 valence electrons. The number of rotatable bonds is 9. The first-order valence-electron chi connectivity index (χ1n) is 19.5. The SMILES string of the molecule is N#Cc1ccc(O)cc1Cl.O=C1CCC(NC(=O)Cc2ccc(N3CCN(CC4CCN(c5ccc(C(=O)NC6CCCCC6)nn5)CC4)CC3)cn2)C(=O)N1. The Labute approximate surface area is 331 Å². The molecule has 1 atom stereocenters. The van der Waals surface area contributed by atoms with Crippen molar-refractivity contribution in [2.75, 3.05) is 55.6 Å². The van der Waals surface area contributed by atoms with Crippen molar-refractivity contribution in [3.05, 3.63) is 70.6 Å². The molecule has 1 aliphatic carbocycles. The molecule has 15 nitrogen and oxygen atoms in total. The van der Waals surface area contributed by atoms with Gasteiger partial charge in [-0.3, -0.25) is 34.4 Å². The molecule has 3 aromatic rings. The molecule has 2 aromatic heterocycles. The number of nitrogens with zero attached hydrogens (tertiary/aromatic N) is 7. The van der Waals surface area contributed by atoms with Gasteiger partial charge in [-0.05, 0) is 80.5 Å². The number of hydrogen-bond acceptors (Lipinski definition) is 12. The molecule has 1 aromatic carbocycles. The van der Waals surface area contributed by atoms with Gasteiger partial charge in [0.25, 0.3) is 5.91 Å². The molecule has 1 unspecified atom stereocenters. The van der Waals surface area contributed by atoms with Gasteiger partial charge in [-0.15, -0.1) is 10.2 Å². The highest BCUT2D eigenvalue weighted by atomic mass is 35.5. The molecule has 56 heavy (non-hydrogen) atoms. The number of phenolic OH excluding ortho intramolecular Hbond substituents is 1. The number of imide groups is 1. The number of halogens is 1. The van der Waals surface area contributed by atoms with Gasteiger partial charge in [-0.25, -0.2) is 0 Å². The molecule has 1 saturated carbocycles. The quantitative estimate of drug-likeness (QED) is 0.232. The van der Waals surface area contributed by atoms with Crippen LogP contribution in [0.2, 0.25) is 5.02 Å². The van der Waals surface area contributed by atoms with E-state index in [0.29, 0.717) is 29.3 Å². The Bertz CT molecular complexity index is 1870. The molecule has 3 saturated heterocycles. The van der Waals surface area contributed by atoms with Crippen LogP contribution in [-0.2, 0) is 20.8 Å². The molecule has 0 spiro atoms. The molecule has 5 heterocycles. The van der Waals surface area contributed by atoms with Crippen LogP contribution < -0.4 is 25.8 Å². The first-order chi connectivity index (χ1) is 27.1. The fourth-order valence-corrected chi connectivity index (χ4v) is 7.78. The fraction of sp³-hybridized carbons (Fsp3) is 0.500. The first-order valence-corrected chi connectivity index (χ1v) is 19.8. The van der Waals surface area contributed by atoms with E-state index in [-0.39, 0.29) is 47.4 Å². The van der Waals surface area contributed by atoms with Crippen LogP contribution in [0.15, 0.2) is 48.7 Å². The molecule has 4 fully saturated rings. The third kappa shape index (κ3) is 11.4. The van der Waals surface area contributed by atoms with E-state index in [1.807, 2.05) is 30.5 Å². The first kappa shape index (κ1) is 40.3. The molecular formula is C40H49ClN10O5. The number of amides is 4. The van der Waals surface area contributed by atoms with E-state index < -0.39 is 11.9 Å². The molecule has 4 aliphatic rings. The van der Waals surface area contributed by atoms with Crippen LogP contribution in [0, 0.1) is 17.2 Å². The standard InChI is InChI=1S/C33H45N9O4.C7H4ClNO/c43-30-11-9-27(32(45)37-30)36-31(44)20-25-6-7-26(21-34-25)41-18-16-40(17-19-41)22-23-12-14-42(15-13-23)29-10-8-28(38-39-29)33(46)35-24-4-2-1-3-5-24;8-7-3-6(10)2-1-5(7)4-9/h6-8,10,21,23-24,27H,1-5,9,11-20,22H2,(H,35,46)(H,36,44)(H,37,43,45);1-3,10H. The maximum absolute atomic E-state index is 12.6. The number of pyridine rings is 1. The molecular weight excluding hydrogens is 736 g/mol. The number of carbonyl (C=O) groups excluding carboxylic acids is 4. The topological polar surface area (TPSA) is 197 Å². The summed E-state index contributed by atoms with van der Waals surface area (Å²) < 4.78 is 0. The lowest BCUT2D eigenvalue weighted by Gasteiger charge is -2.39. The van der Waals surface area contributed by atoms with Gasteiger partial charge in [-0.2, -0.15) is 5.26 Å². The number of aromatic nitrogens is 3. The van der Waals surface area contributed by atoms with E-state index >= 15 is 0 Å². The average Bonchev–Trinajstić information content (AvgIpc) is 3.21. The van der Waals surface area contributed by atoms with Gasteiger partial charge in [0, 0.05) is 64.0 Å². The van der Waals surface area contributed by atoms with E-state index in [4.69, 9.17) is 22.0 Å². The van der Waals surface area contributed by atoms with E-state index in [9.17, 15) is 19.2 Å². The zero-order chi connectivity index (χ0) is 39.4. The summed E-state index contributed by atoms with van der Waals surface area (Å²) in [6.45, 7) is 6.80. The smallest absolute Gasteiger partial charge is 0.272 e. The van der Waals surface area contributed by atoms with E-state index in [0.717, 1.165) is 83.0 Å². The molecule has 4 amide bonds. The summed E-state index contributed by atoms with van der Waals surface area (Å²) in [6.07, 6.45) is 10.4. The lowest BCUT2D eigenvalue weighted by atomic mass is 9.95. The van der Waals surface area contributed by atoms with Crippen LogP contribution in [0.4, 0.5) is 11.5 Å². The number of piperazine rings is 1. The third-order valence-corrected chi connectivity index (χ3v) is 11.1. The number of nitrogens with one attached hydrogen (secondary N) is 3. The molecule has 4 N–H and O–H groups in total. The monoisotopic (exact) mass is 784 g/mol. The van der Waals surface area contributed by atoms with Crippen LogP contribution in [0.25, 0.3) is 0 Å². The van der Waals surface area contributed by atoms with Crippen LogP contribution in [-0.4, -0.2) is 107 Å². The van der Waals surface area contributed by atoms with Crippen molar-refractivity contribution in [1.29, 1.82) is 5.26 Å². The average molecular weight is 785 g/mol. The Kier molecular flexibility index (Phi) is 14.0. The zero-order valence-electron chi connectivity index (χ0n) is 31.5. The van der Waals surface area contributed by atoms with E-state index in [2.05, 4.69) is 45.8 Å². The van der Waals surface area contributed by atoms with Crippen LogP contribution in [0.1, 0.15) is 79.5 Å². The van der Waals surface area contributed by atoms with Crippen molar-refractivity contribution in [1.82, 2.24) is 36.0 Å².